The number of nitrogens with one attached hydrogen (secondary N) is 1. The third-order valence-electron chi connectivity index (χ3n) is 3.86. The van der Waals surface area contributed by atoms with E-state index in [2.05, 4.69) is 5.32 Å². The molecule has 0 aromatic heterocycles. The molecule has 0 saturated carbocycles. The lowest BCUT2D eigenvalue weighted by Crippen LogP contribution is -2.13. The van der Waals surface area contributed by atoms with E-state index < -0.39 is 10.8 Å². The summed E-state index contributed by atoms with van der Waals surface area (Å²) in [4.78, 5) is 13.3. The van der Waals surface area contributed by atoms with Gasteiger partial charge in [-0.3, -0.25) is 9.00 Å². The third-order valence-corrected chi connectivity index (χ3v) is 5.03. The summed E-state index contributed by atoms with van der Waals surface area (Å²) in [6.07, 6.45) is 1.60. The fourth-order valence-corrected chi connectivity index (χ4v) is 3.16. The minimum atomic E-state index is -1.11. The van der Waals surface area contributed by atoms with Crippen molar-refractivity contribution in [3.05, 3.63) is 88.9 Å². The van der Waals surface area contributed by atoms with E-state index in [4.69, 9.17) is 16.3 Å². The van der Waals surface area contributed by atoms with Gasteiger partial charge in [0.15, 0.2) is 0 Å². The van der Waals surface area contributed by atoms with E-state index in [1.54, 1.807) is 60.9 Å². The van der Waals surface area contributed by atoms with Crippen molar-refractivity contribution in [2.75, 3.05) is 11.6 Å². The van der Waals surface area contributed by atoms with Crippen molar-refractivity contribution in [3.8, 4) is 5.75 Å². The van der Waals surface area contributed by atoms with Gasteiger partial charge in [-0.2, -0.15) is 0 Å². The molecule has 0 fully saturated rings. The lowest BCUT2D eigenvalue weighted by atomic mass is 10.1. The van der Waals surface area contributed by atoms with Gasteiger partial charge in [0, 0.05) is 32.7 Å². The van der Waals surface area contributed by atoms with Gasteiger partial charge < -0.3 is 10.1 Å². The van der Waals surface area contributed by atoms with Crippen molar-refractivity contribution < 1.29 is 13.7 Å². The Balaban J connectivity index is 1.74. The second-order valence-corrected chi connectivity index (χ2v) is 7.66. The summed E-state index contributed by atoms with van der Waals surface area (Å²) in [7, 11) is -1.11. The summed E-state index contributed by atoms with van der Waals surface area (Å²) in [5.41, 5.74) is 1.96. The summed E-state index contributed by atoms with van der Waals surface area (Å²) in [5.74, 6) is 0.195. The molecular formula is C21H18ClNO3S. The van der Waals surface area contributed by atoms with Crippen molar-refractivity contribution in [1.82, 2.24) is 0 Å². The molecule has 1 N–H and O–H groups in total. The number of carbonyl (C=O) groups is 1. The first-order valence-corrected chi connectivity index (χ1v) is 10.2. The SMILES string of the molecule is CS(=O)c1cccc(NC(=O)c2ccccc2OCc2ccc(Cl)cc2)c1. The Morgan fingerprint density at radius 3 is 2.52 bits per heavy atom. The Bertz CT molecular complexity index is 973. The second kappa shape index (κ2) is 8.84. The molecule has 0 bridgehead atoms. The van der Waals surface area contributed by atoms with Gasteiger partial charge in [0.05, 0.1) is 5.56 Å². The van der Waals surface area contributed by atoms with Crippen molar-refractivity contribution in [2.45, 2.75) is 11.5 Å². The van der Waals surface area contributed by atoms with Crippen molar-refractivity contribution in [2.24, 2.45) is 0 Å². The quantitative estimate of drug-likeness (QED) is 0.640. The molecule has 1 unspecified atom stereocenters. The van der Waals surface area contributed by atoms with Crippen molar-refractivity contribution in [3.63, 3.8) is 0 Å². The summed E-state index contributed by atoms with van der Waals surface area (Å²) in [5, 5.41) is 3.49. The molecule has 3 aromatic carbocycles. The summed E-state index contributed by atoms with van der Waals surface area (Å²) >= 11 is 5.89. The highest BCUT2D eigenvalue weighted by Gasteiger charge is 2.13. The molecule has 0 spiro atoms. The van der Waals surface area contributed by atoms with Crippen LogP contribution in [-0.2, 0) is 17.4 Å². The maximum absolute atomic E-state index is 12.7. The second-order valence-electron chi connectivity index (χ2n) is 5.85. The Labute approximate surface area is 165 Å². The van der Waals surface area contributed by atoms with E-state index >= 15 is 0 Å². The number of benzene rings is 3. The van der Waals surface area contributed by atoms with E-state index in [0.717, 1.165) is 5.56 Å². The number of ether oxygens (including phenoxy) is 1. The third kappa shape index (κ3) is 5.18. The van der Waals surface area contributed by atoms with Gasteiger partial charge in [-0.05, 0) is 48.0 Å². The molecule has 0 aliphatic rings. The minimum Gasteiger partial charge on any atom is -0.488 e. The molecule has 27 heavy (non-hydrogen) atoms. The Morgan fingerprint density at radius 1 is 1.04 bits per heavy atom. The van der Waals surface area contributed by atoms with Crippen LogP contribution in [0.25, 0.3) is 0 Å². The number of anilines is 1. The molecule has 0 aliphatic heterocycles. The van der Waals surface area contributed by atoms with Crippen LogP contribution in [0.15, 0.2) is 77.7 Å². The highest BCUT2D eigenvalue weighted by molar-refractivity contribution is 7.84. The predicted octanol–water partition coefficient (Wildman–Crippen LogP) is 4.91. The topological polar surface area (TPSA) is 55.4 Å². The zero-order valence-corrected chi connectivity index (χ0v) is 16.2. The number of carbonyl (C=O) groups excluding carboxylic acids is 1. The number of para-hydroxylation sites is 1. The molecule has 138 valence electrons. The fourth-order valence-electron chi connectivity index (χ4n) is 2.47. The van der Waals surface area contributed by atoms with E-state index in [0.29, 0.717) is 33.5 Å². The van der Waals surface area contributed by atoms with E-state index in [-0.39, 0.29) is 5.91 Å². The van der Waals surface area contributed by atoms with Gasteiger partial charge in [-0.25, -0.2) is 0 Å². The maximum atomic E-state index is 12.7. The van der Waals surface area contributed by atoms with E-state index in [1.165, 1.54) is 0 Å². The van der Waals surface area contributed by atoms with Gasteiger partial charge >= 0.3 is 0 Å². The maximum Gasteiger partial charge on any atom is 0.259 e. The normalized spacial score (nSPS) is 11.6. The highest BCUT2D eigenvalue weighted by Crippen LogP contribution is 2.22. The van der Waals surface area contributed by atoms with E-state index in [9.17, 15) is 9.00 Å². The largest absolute Gasteiger partial charge is 0.488 e. The number of amides is 1. The molecule has 4 nitrogen and oxygen atoms in total. The predicted molar refractivity (Wildman–Crippen MR) is 109 cm³/mol. The van der Waals surface area contributed by atoms with Crippen LogP contribution >= 0.6 is 11.6 Å². The van der Waals surface area contributed by atoms with Gasteiger partial charge in [-0.1, -0.05) is 41.9 Å². The smallest absolute Gasteiger partial charge is 0.259 e. The van der Waals surface area contributed by atoms with Crippen LogP contribution in [0.3, 0.4) is 0 Å². The highest BCUT2D eigenvalue weighted by atomic mass is 35.5. The monoisotopic (exact) mass is 399 g/mol. The molecular weight excluding hydrogens is 382 g/mol. The minimum absolute atomic E-state index is 0.291. The average molecular weight is 400 g/mol. The number of hydrogen-bond donors (Lipinski definition) is 1. The van der Waals surface area contributed by atoms with Crippen LogP contribution in [0, 0.1) is 0 Å². The molecule has 1 amide bonds. The average Bonchev–Trinajstić information content (AvgIpc) is 2.68. The molecule has 0 heterocycles. The standard InChI is InChI=1S/C21H18ClNO3S/c1-27(25)18-6-4-5-17(13-18)23-21(24)19-7-2-3-8-20(19)26-14-15-9-11-16(22)12-10-15/h2-13H,14H2,1H3,(H,23,24). The first kappa shape index (κ1) is 19.1. The lowest BCUT2D eigenvalue weighted by molar-refractivity contribution is 0.102. The molecule has 3 rings (SSSR count). The molecule has 0 radical (unpaired) electrons. The van der Waals surface area contributed by atoms with Gasteiger partial charge in [0.25, 0.3) is 5.91 Å². The van der Waals surface area contributed by atoms with Crippen LogP contribution in [0.5, 0.6) is 5.75 Å². The first-order chi connectivity index (χ1) is 13.0. The van der Waals surface area contributed by atoms with Crippen LogP contribution in [0.1, 0.15) is 15.9 Å². The van der Waals surface area contributed by atoms with Crippen molar-refractivity contribution in [1.29, 1.82) is 0 Å². The number of halogens is 1. The zero-order valence-electron chi connectivity index (χ0n) is 14.6. The molecule has 6 heteroatoms. The summed E-state index contributed by atoms with van der Waals surface area (Å²) in [6.45, 7) is 0.325. The fraction of sp³-hybridized carbons (Fsp3) is 0.0952. The summed E-state index contributed by atoms with van der Waals surface area (Å²) < 4.78 is 17.4. The van der Waals surface area contributed by atoms with Gasteiger partial charge in [0.2, 0.25) is 0 Å². The van der Waals surface area contributed by atoms with Crippen LogP contribution in [0.4, 0.5) is 5.69 Å². The Morgan fingerprint density at radius 2 is 1.78 bits per heavy atom. The number of hydrogen-bond acceptors (Lipinski definition) is 3. The molecule has 3 aromatic rings. The lowest BCUT2D eigenvalue weighted by Gasteiger charge is -2.12. The van der Waals surface area contributed by atoms with Crippen molar-refractivity contribution >= 4 is 34.0 Å². The van der Waals surface area contributed by atoms with Gasteiger partial charge in [-0.15, -0.1) is 0 Å². The number of rotatable bonds is 6. The molecule has 1 atom stereocenters. The van der Waals surface area contributed by atoms with Crippen LogP contribution in [-0.4, -0.2) is 16.4 Å². The Kier molecular flexibility index (Phi) is 6.27. The van der Waals surface area contributed by atoms with Crippen LogP contribution in [0.2, 0.25) is 5.02 Å². The molecule has 0 aliphatic carbocycles. The summed E-state index contributed by atoms with van der Waals surface area (Å²) in [6, 6.07) is 21.4. The van der Waals surface area contributed by atoms with E-state index in [1.807, 2.05) is 18.2 Å². The molecule has 0 saturated heterocycles. The van der Waals surface area contributed by atoms with Crippen LogP contribution < -0.4 is 10.1 Å². The Hall–Kier alpha value is -2.63. The van der Waals surface area contributed by atoms with Gasteiger partial charge in [0.1, 0.15) is 12.4 Å². The first-order valence-electron chi connectivity index (χ1n) is 8.24. The zero-order chi connectivity index (χ0) is 19.2.